The number of fused-ring (bicyclic) bond motifs is 1. The standard InChI is InChI=1S/C23H27N3O5S2.Na/c1-23(2)17-11-6-7-12-18(17)26(14-9-15-33(29,30)31)19(23)13-8-5-10-16-20(27)24(3)22(32)25(4)21(16)28;/h5-8,10-13H,9,14-15H2,1-4H3,(H,29,30,31);/q;+1/p-1. The predicted octanol–water partition coefficient (Wildman–Crippen LogP) is -0.695. The fourth-order valence-corrected chi connectivity index (χ4v) is 4.72. The maximum Gasteiger partial charge on any atom is 1.00 e. The van der Waals surface area contributed by atoms with Crippen LogP contribution < -0.4 is 34.5 Å². The van der Waals surface area contributed by atoms with Crippen LogP contribution in [0.25, 0.3) is 0 Å². The van der Waals surface area contributed by atoms with Crippen LogP contribution in [0, 0.1) is 0 Å². The first kappa shape index (κ1) is 28.4. The minimum Gasteiger partial charge on any atom is -0.748 e. The predicted molar refractivity (Wildman–Crippen MR) is 129 cm³/mol. The summed E-state index contributed by atoms with van der Waals surface area (Å²) in [5.41, 5.74) is 2.60. The van der Waals surface area contributed by atoms with Crippen LogP contribution in [0.2, 0.25) is 0 Å². The molecule has 0 aromatic heterocycles. The molecule has 0 unspecified atom stereocenters. The second-order valence-corrected chi connectivity index (χ2v) is 10.3. The van der Waals surface area contributed by atoms with Gasteiger partial charge in [-0.15, -0.1) is 0 Å². The first-order valence-corrected chi connectivity index (χ1v) is 12.3. The number of benzene rings is 1. The normalized spacial score (nSPS) is 19.2. The fourth-order valence-electron chi connectivity index (χ4n) is 4.07. The third-order valence-electron chi connectivity index (χ3n) is 5.85. The molecule has 0 N–H and O–H groups in total. The SMILES string of the molecule is CN1C(=O)C(=CC=CC=C2N(CCCS(=O)(=O)[O-])c3ccccc3C2(C)C)C(=O)N(C)C1=S.[Na+]. The molecule has 0 bridgehead atoms. The largest absolute Gasteiger partial charge is 1.00 e. The number of anilines is 1. The van der Waals surface area contributed by atoms with E-state index in [0.29, 0.717) is 6.54 Å². The molecule has 11 heteroatoms. The van der Waals surface area contributed by atoms with E-state index in [2.05, 4.69) is 13.8 Å². The van der Waals surface area contributed by atoms with Crippen LogP contribution in [0.15, 0.2) is 59.8 Å². The van der Waals surface area contributed by atoms with E-state index in [-0.39, 0.29) is 52.1 Å². The van der Waals surface area contributed by atoms with Crippen molar-refractivity contribution < 1.29 is 52.1 Å². The smallest absolute Gasteiger partial charge is 0.748 e. The van der Waals surface area contributed by atoms with E-state index in [9.17, 15) is 22.6 Å². The average molecular weight is 512 g/mol. The molecule has 0 spiro atoms. The molecule has 1 aromatic rings. The van der Waals surface area contributed by atoms with Gasteiger partial charge in [0, 0.05) is 43.2 Å². The Morgan fingerprint density at radius 2 is 1.59 bits per heavy atom. The summed E-state index contributed by atoms with van der Waals surface area (Å²) in [4.78, 5) is 29.4. The Hall–Kier alpha value is -1.82. The van der Waals surface area contributed by atoms with Gasteiger partial charge in [-0.25, -0.2) is 8.42 Å². The van der Waals surface area contributed by atoms with Gasteiger partial charge in [0.2, 0.25) is 0 Å². The van der Waals surface area contributed by atoms with Gasteiger partial charge >= 0.3 is 29.6 Å². The van der Waals surface area contributed by atoms with Crippen molar-refractivity contribution in [3.05, 3.63) is 65.4 Å². The number of hydrogen-bond acceptors (Lipinski definition) is 7. The third kappa shape index (κ3) is 5.69. The molecule has 2 aliphatic heterocycles. The van der Waals surface area contributed by atoms with Gasteiger partial charge in [-0.2, -0.15) is 0 Å². The van der Waals surface area contributed by atoms with Gasteiger partial charge in [0.25, 0.3) is 11.8 Å². The molecule has 34 heavy (non-hydrogen) atoms. The van der Waals surface area contributed by atoms with Gasteiger partial charge in [0.1, 0.15) is 5.57 Å². The van der Waals surface area contributed by atoms with Crippen molar-refractivity contribution >= 4 is 45.0 Å². The van der Waals surface area contributed by atoms with Gasteiger partial charge in [-0.3, -0.25) is 19.4 Å². The van der Waals surface area contributed by atoms with Gasteiger partial charge in [0.05, 0.1) is 10.1 Å². The second kappa shape index (κ2) is 10.8. The first-order valence-electron chi connectivity index (χ1n) is 10.4. The molecule has 0 radical (unpaired) electrons. The van der Waals surface area contributed by atoms with E-state index in [4.69, 9.17) is 12.2 Å². The number of hydrogen-bond donors (Lipinski definition) is 0. The molecule has 176 valence electrons. The number of carbonyl (C=O) groups is 2. The van der Waals surface area contributed by atoms with Crippen LogP contribution in [0.3, 0.4) is 0 Å². The van der Waals surface area contributed by atoms with Crippen LogP contribution in [-0.2, 0) is 25.1 Å². The molecule has 8 nitrogen and oxygen atoms in total. The van der Waals surface area contributed by atoms with Crippen molar-refractivity contribution in [2.24, 2.45) is 0 Å². The molecule has 1 saturated heterocycles. The fraction of sp³-hybridized carbons (Fsp3) is 0.348. The van der Waals surface area contributed by atoms with E-state index < -0.39 is 27.7 Å². The maximum atomic E-state index is 12.4. The number of allylic oxidation sites excluding steroid dienone is 5. The Morgan fingerprint density at radius 1 is 1.03 bits per heavy atom. The maximum absolute atomic E-state index is 12.4. The Balaban J connectivity index is 0.00000408. The van der Waals surface area contributed by atoms with Crippen LogP contribution >= 0.6 is 12.2 Å². The molecule has 1 fully saturated rings. The van der Waals surface area contributed by atoms with E-state index in [1.807, 2.05) is 35.2 Å². The summed E-state index contributed by atoms with van der Waals surface area (Å²) in [6, 6.07) is 7.84. The number of para-hydroxylation sites is 1. The Bertz CT molecular complexity index is 1180. The van der Waals surface area contributed by atoms with E-state index in [1.54, 1.807) is 12.2 Å². The summed E-state index contributed by atoms with van der Waals surface area (Å²) >= 11 is 5.09. The molecular weight excluding hydrogens is 485 g/mol. The third-order valence-corrected chi connectivity index (χ3v) is 7.18. The number of rotatable bonds is 6. The van der Waals surface area contributed by atoms with Gasteiger partial charge < -0.3 is 9.45 Å². The van der Waals surface area contributed by atoms with Crippen LogP contribution in [0.1, 0.15) is 25.8 Å². The molecule has 2 heterocycles. The van der Waals surface area contributed by atoms with Gasteiger partial charge in [0.15, 0.2) is 5.11 Å². The number of nitrogens with zero attached hydrogens (tertiary/aromatic N) is 3. The number of thiocarbonyl (C=S) groups is 1. The summed E-state index contributed by atoms with van der Waals surface area (Å²) in [6.45, 7) is 4.49. The van der Waals surface area contributed by atoms with Crippen molar-refractivity contribution in [3.63, 3.8) is 0 Å². The number of carbonyl (C=O) groups excluding carboxylic acids is 2. The van der Waals surface area contributed by atoms with Crippen molar-refractivity contribution in [2.45, 2.75) is 25.7 Å². The summed E-state index contributed by atoms with van der Waals surface area (Å²) < 4.78 is 33.2. The van der Waals surface area contributed by atoms with Crippen LogP contribution in [0.4, 0.5) is 5.69 Å². The number of likely N-dealkylation sites (N-methyl/N-ethyl adjacent to an activating group) is 2. The van der Waals surface area contributed by atoms with Crippen LogP contribution in [0.5, 0.6) is 0 Å². The van der Waals surface area contributed by atoms with Crippen molar-refractivity contribution in [1.82, 2.24) is 9.80 Å². The van der Waals surface area contributed by atoms with E-state index in [1.165, 1.54) is 30.0 Å². The minimum absolute atomic E-state index is 0. The zero-order valence-corrected chi connectivity index (χ0v) is 23.6. The monoisotopic (exact) mass is 511 g/mol. The van der Waals surface area contributed by atoms with Crippen LogP contribution in [-0.4, -0.2) is 66.1 Å². The first-order chi connectivity index (χ1) is 15.4. The van der Waals surface area contributed by atoms with Crippen molar-refractivity contribution in [2.75, 3.05) is 31.3 Å². The van der Waals surface area contributed by atoms with E-state index in [0.717, 1.165) is 16.9 Å². The quantitative estimate of drug-likeness (QED) is 0.164. The van der Waals surface area contributed by atoms with E-state index >= 15 is 0 Å². The molecule has 0 atom stereocenters. The van der Waals surface area contributed by atoms with Crippen molar-refractivity contribution in [1.29, 1.82) is 0 Å². The molecule has 0 saturated carbocycles. The molecule has 3 rings (SSSR count). The Kier molecular flexibility index (Phi) is 9.06. The summed E-state index contributed by atoms with van der Waals surface area (Å²) in [7, 11) is -1.26. The average Bonchev–Trinajstić information content (AvgIpc) is 2.96. The molecule has 2 amide bonds. The summed E-state index contributed by atoms with van der Waals surface area (Å²) in [6.07, 6.45) is 6.88. The van der Waals surface area contributed by atoms with Gasteiger partial charge in [-0.05, 0) is 42.4 Å². The minimum atomic E-state index is -4.30. The molecule has 0 aliphatic carbocycles. The summed E-state index contributed by atoms with van der Waals surface area (Å²) in [5.74, 6) is -1.36. The molecule has 1 aromatic carbocycles. The van der Waals surface area contributed by atoms with Gasteiger partial charge in [-0.1, -0.05) is 44.2 Å². The van der Waals surface area contributed by atoms with Crippen molar-refractivity contribution in [3.8, 4) is 0 Å². The molecule has 2 aliphatic rings. The zero-order chi connectivity index (χ0) is 24.6. The topological polar surface area (TPSA) is 101 Å². The zero-order valence-electron chi connectivity index (χ0n) is 19.9. The number of amides is 2. The Morgan fingerprint density at radius 3 is 2.18 bits per heavy atom. The second-order valence-electron chi connectivity index (χ2n) is 8.44. The summed E-state index contributed by atoms with van der Waals surface area (Å²) in [5, 5.41) is 0.148. The molecular formula is C23H26N3NaO5S2. The Labute approximate surface area is 228 Å².